The first-order chi connectivity index (χ1) is 14.1. The maximum Gasteiger partial charge on any atom is 0.311 e. The molecule has 0 aliphatic rings. The van der Waals surface area contributed by atoms with Crippen LogP contribution in [-0.4, -0.2) is 18.5 Å². The molecule has 5 heteroatoms. The van der Waals surface area contributed by atoms with Crippen molar-refractivity contribution >= 4 is 11.9 Å². The summed E-state index contributed by atoms with van der Waals surface area (Å²) in [4.78, 5) is 24.4. The van der Waals surface area contributed by atoms with Gasteiger partial charge in [-0.25, -0.2) is 0 Å². The first kappa shape index (κ1) is 25.0. The average Bonchev–Trinajstić information content (AvgIpc) is 2.70. The second kappa shape index (κ2) is 15.8. The van der Waals surface area contributed by atoms with Gasteiger partial charge in [0.2, 0.25) is 0 Å². The van der Waals surface area contributed by atoms with Gasteiger partial charge in [0.25, 0.3) is 0 Å². The standard InChI is InChI=1S/C24H38O5/c1-4-7-10-12-14-23(25)28-21-17-16-20(27-18-9-6-3)19-22(21)29-24(26)15-13-11-8-5-2/h16-17,19H,4-15,18H2,1-3H3. The van der Waals surface area contributed by atoms with E-state index >= 15 is 0 Å². The molecule has 0 bridgehead atoms. The number of benzene rings is 1. The van der Waals surface area contributed by atoms with Gasteiger partial charge >= 0.3 is 11.9 Å². The molecule has 0 aliphatic carbocycles. The number of carbonyl (C=O) groups is 2. The molecule has 1 aromatic carbocycles. The number of rotatable bonds is 16. The minimum absolute atomic E-state index is 0.251. The van der Waals surface area contributed by atoms with Crippen molar-refractivity contribution in [3.05, 3.63) is 18.2 Å². The summed E-state index contributed by atoms with van der Waals surface area (Å²) in [5.74, 6) is 0.514. The fourth-order valence-corrected chi connectivity index (χ4v) is 2.82. The van der Waals surface area contributed by atoms with Crippen LogP contribution in [0.25, 0.3) is 0 Å². The lowest BCUT2D eigenvalue weighted by molar-refractivity contribution is -0.137. The van der Waals surface area contributed by atoms with Crippen LogP contribution in [0, 0.1) is 0 Å². The molecule has 1 rings (SSSR count). The molecule has 0 N–H and O–H groups in total. The third-order valence-corrected chi connectivity index (χ3v) is 4.60. The Morgan fingerprint density at radius 2 is 1.24 bits per heavy atom. The van der Waals surface area contributed by atoms with Crippen LogP contribution in [0.1, 0.15) is 97.8 Å². The van der Waals surface area contributed by atoms with Gasteiger partial charge in [-0.1, -0.05) is 65.7 Å². The van der Waals surface area contributed by atoms with Crippen molar-refractivity contribution < 1.29 is 23.8 Å². The first-order valence-corrected chi connectivity index (χ1v) is 11.3. The van der Waals surface area contributed by atoms with Crippen LogP contribution in [0.15, 0.2) is 18.2 Å². The predicted molar refractivity (Wildman–Crippen MR) is 116 cm³/mol. The number of esters is 2. The molecule has 0 aromatic heterocycles. The molecule has 0 radical (unpaired) electrons. The Bertz CT molecular complexity index is 597. The summed E-state index contributed by atoms with van der Waals surface area (Å²) in [6.45, 7) is 6.95. The van der Waals surface area contributed by atoms with Crippen molar-refractivity contribution in [2.45, 2.75) is 97.8 Å². The summed E-state index contributed by atoms with van der Waals surface area (Å²) < 4.78 is 16.7. The molecular formula is C24H38O5. The number of hydrogen-bond donors (Lipinski definition) is 0. The highest BCUT2D eigenvalue weighted by atomic mass is 16.6. The van der Waals surface area contributed by atoms with Gasteiger partial charge in [0.15, 0.2) is 11.5 Å². The van der Waals surface area contributed by atoms with E-state index in [1.165, 1.54) is 0 Å². The minimum Gasteiger partial charge on any atom is -0.493 e. The van der Waals surface area contributed by atoms with Gasteiger partial charge in [0.05, 0.1) is 6.61 Å². The van der Waals surface area contributed by atoms with Crippen LogP contribution < -0.4 is 14.2 Å². The second-order valence-corrected chi connectivity index (χ2v) is 7.38. The summed E-state index contributed by atoms with van der Waals surface area (Å²) in [6, 6.07) is 5.03. The van der Waals surface area contributed by atoms with Crippen molar-refractivity contribution in [2.75, 3.05) is 6.61 Å². The number of unbranched alkanes of at least 4 members (excludes halogenated alkanes) is 7. The van der Waals surface area contributed by atoms with Gasteiger partial charge in [-0.3, -0.25) is 9.59 Å². The third-order valence-electron chi connectivity index (χ3n) is 4.60. The van der Waals surface area contributed by atoms with Gasteiger partial charge in [-0.05, 0) is 31.4 Å². The average molecular weight is 407 g/mol. The van der Waals surface area contributed by atoms with E-state index in [2.05, 4.69) is 20.8 Å². The summed E-state index contributed by atoms with van der Waals surface area (Å²) in [5.41, 5.74) is 0. The molecule has 0 aliphatic heterocycles. The lowest BCUT2D eigenvalue weighted by atomic mass is 10.1. The molecule has 5 nitrogen and oxygen atoms in total. The van der Waals surface area contributed by atoms with Crippen molar-refractivity contribution in [1.82, 2.24) is 0 Å². The van der Waals surface area contributed by atoms with Crippen LogP contribution in [0.5, 0.6) is 17.2 Å². The van der Waals surface area contributed by atoms with E-state index in [1.54, 1.807) is 18.2 Å². The van der Waals surface area contributed by atoms with E-state index < -0.39 is 0 Å². The fourth-order valence-electron chi connectivity index (χ4n) is 2.82. The Labute approximate surface area is 176 Å². The minimum atomic E-state index is -0.313. The topological polar surface area (TPSA) is 61.8 Å². The summed E-state index contributed by atoms with van der Waals surface area (Å²) in [6.07, 6.45) is 10.8. The van der Waals surface area contributed by atoms with Gasteiger partial charge < -0.3 is 14.2 Å². The molecule has 0 atom stereocenters. The van der Waals surface area contributed by atoms with Crippen LogP contribution in [0.3, 0.4) is 0 Å². The SMILES string of the molecule is CCCCCCC(=O)Oc1ccc(OCCCC)cc1OC(=O)CCCCCC. The monoisotopic (exact) mass is 406 g/mol. The van der Waals surface area contributed by atoms with E-state index in [4.69, 9.17) is 14.2 Å². The number of ether oxygens (including phenoxy) is 3. The molecule has 0 fully saturated rings. The summed E-state index contributed by atoms with van der Waals surface area (Å²) in [7, 11) is 0. The zero-order valence-corrected chi connectivity index (χ0v) is 18.5. The highest BCUT2D eigenvalue weighted by Gasteiger charge is 2.15. The maximum atomic E-state index is 12.2. The van der Waals surface area contributed by atoms with Gasteiger partial charge in [0, 0.05) is 18.9 Å². The highest BCUT2D eigenvalue weighted by Crippen LogP contribution is 2.32. The van der Waals surface area contributed by atoms with E-state index in [0.29, 0.717) is 25.2 Å². The normalized spacial score (nSPS) is 10.6. The Balaban J connectivity index is 2.73. The first-order valence-electron chi connectivity index (χ1n) is 11.3. The van der Waals surface area contributed by atoms with Crippen molar-refractivity contribution in [1.29, 1.82) is 0 Å². The molecule has 29 heavy (non-hydrogen) atoms. The zero-order valence-electron chi connectivity index (χ0n) is 18.5. The van der Waals surface area contributed by atoms with E-state index in [9.17, 15) is 9.59 Å². The third kappa shape index (κ3) is 11.5. The molecule has 0 heterocycles. The highest BCUT2D eigenvalue weighted by molar-refractivity contribution is 5.76. The Hall–Kier alpha value is -2.04. The molecule has 0 saturated carbocycles. The summed E-state index contributed by atoms with van der Waals surface area (Å²) in [5, 5.41) is 0. The molecule has 164 valence electrons. The summed E-state index contributed by atoms with van der Waals surface area (Å²) >= 11 is 0. The maximum absolute atomic E-state index is 12.2. The molecule has 0 saturated heterocycles. The Morgan fingerprint density at radius 1 is 0.690 bits per heavy atom. The fraction of sp³-hybridized carbons (Fsp3) is 0.667. The van der Waals surface area contributed by atoms with E-state index in [-0.39, 0.29) is 23.4 Å². The molecular weight excluding hydrogens is 368 g/mol. The smallest absolute Gasteiger partial charge is 0.311 e. The molecule has 0 spiro atoms. The molecule has 0 unspecified atom stereocenters. The Kier molecular flexibility index (Phi) is 13.6. The van der Waals surface area contributed by atoms with Gasteiger partial charge in [0.1, 0.15) is 5.75 Å². The second-order valence-electron chi connectivity index (χ2n) is 7.38. The zero-order chi connectivity index (χ0) is 21.3. The van der Waals surface area contributed by atoms with E-state index in [1.807, 2.05) is 0 Å². The van der Waals surface area contributed by atoms with Crippen LogP contribution in [-0.2, 0) is 9.59 Å². The van der Waals surface area contributed by atoms with Gasteiger partial charge in [-0.15, -0.1) is 0 Å². The van der Waals surface area contributed by atoms with Crippen LogP contribution >= 0.6 is 0 Å². The largest absolute Gasteiger partial charge is 0.493 e. The Morgan fingerprint density at radius 3 is 1.79 bits per heavy atom. The lowest BCUT2D eigenvalue weighted by Crippen LogP contribution is -2.12. The van der Waals surface area contributed by atoms with Crippen LogP contribution in [0.4, 0.5) is 0 Å². The number of carbonyl (C=O) groups excluding carboxylic acids is 2. The molecule has 1 aromatic rings. The van der Waals surface area contributed by atoms with Crippen molar-refractivity contribution in [3.63, 3.8) is 0 Å². The predicted octanol–water partition coefficient (Wildman–Crippen LogP) is 6.62. The van der Waals surface area contributed by atoms with Crippen molar-refractivity contribution in [2.24, 2.45) is 0 Å². The lowest BCUT2D eigenvalue weighted by Gasteiger charge is -2.13. The van der Waals surface area contributed by atoms with Crippen molar-refractivity contribution in [3.8, 4) is 17.2 Å². The molecule has 0 amide bonds. The quantitative estimate of drug-likeness (QED) is 0.175. The van der Waals surface area contributed by atoms with Crippen LogP contribution in [0.2, 0.25) is 0 Å². The van der Waals surface area contributed by atoms with E-state index in [0.717, 1.165) is 64.2 Å². The van der Waals surface area contributed by atoms with Gasteiger partial charge in [-0.2, -0.15) is 0 Å². The number of hydrogen-bond acceptors (Lipinski definition) is 5.